The van der Waals surface area contributed by atoms with E-state index in [1.165, 1.54) is 0 Å². The van der Waals surface area contributed by atoms with E-state index in [0.29, 0.717) is 12.2 Å². The number of rotatable bonds is 3. The second-order valence-corrected chi connectivity index (χ2v) is 5.62. The fraction of sp³-hybridized carbons (Fsp3) is 0.846. The number of ketones is 2. The summed E-state index contributed by atoms with van der Waals surface area (Å²) in [7, 11) is 0. The maximum atomic E-state index is 11.7. The third-order valence-electron chi connectivity index (χ3n) is 3.24. The largest absolute Gasteiger partial charge is 0.299 e. The Hall–Kier alpha value is -0.660. The summed E-state index contributed by atoms with van der Waals surface area (Å²) in [5, 5.41) is 0. The molecule has 0 heterocycles. The second kappa shape index (κ2) is 4.91. The van der Waals surface area contributed by atoms with Crippen LogP contribution in [0.15, 0.2) is 0 Å². The number of carbonyl (C=O) groups excluding carboxylic acids is 2. The van der Waals surface area contributed by atoms with Crippen LogP contribution >= 0.6 is 0 Å². The Balaban J connectivity index is 2.36. The lowest BCUT2D eigenvalue weighted by atomic mass is 9.81. The summed E-state index contributed by atoms with van der Waals surface area (Å²) < 4.78 is 0. The Morgan fingerprint density at radius 1 is 1.33 bits per heavy atom. The van der Waals surface area contributed by atoms with Gasteiger partial charge in [-0.3, -0.25) is 9.59 Å². The maximum Gasteiger partial charge on any atom is 0.138 e. The molecule has 0 N–H and O–H groups in total. The molecule has 0 bridgehead atoms. The first-order valence-corrected chi connectivity index (χ1v) is 5.97. The van der Waals surface area contributed by atoms with E-state index in [1.54, 1.807) is 0 Å². The quantitative estimate of drug-likeness (QED) is 0.717. The van der Waals surface area contributed by atoms with Crippen LogP contribution in [0, 0.1) is 11.3 Å². The summed E-state index contributed by atoms with van der Waals surface area (Å²) in [5.74, 6) is 0.828. The van der Waals surface area contributed by atoms with Gasteiger partial charge < -0.3 is 0 Å². The zero-order valence-corrected chi connectivity index (χ0v) is 10.1. The topological polar surface area (TPSA) is 34.1 Å². The third kappa shape index (κ3) is 3.77. The first-order chi connectivity index (χ1) is 6.91. The van der Waals surface area contributed by atoms with Crippen molar-refractivity contribution in [1.82, 2.24) is 0 Å². The standard InChI is InChI=1S/C13H22O2/c1-13(2,3)12(15)9-8-10-6-4-5-7-11(10)14/h10H,4-9H2,1-3H3. The predicted molar refractivity (Wildman–Crippen MR) is 60.7 cm³/mol. The smallest absolute Gasteiger partial charge is 0.138 e. The van der Waals surface area contributed by atoms with Crippen molar-refractivity contribution in [1.29, 1.82) is 0 Å². The number of carbonyl (C=O) groups is 2. The van der Waals surface area contributed by atoms with Crippen LogP contribution in [-0.2, 0) is 9.59 Å². The molecule has 0 aliphatic heterocycles. The van der Waals surface area contributed by atoms with Gasteiger partial charge in [0.25, 0.3) is 0 Å². The number of hydrogen-bond donors (Lipinski definition) is 0. The van der Waals surface area contributed by atoms with Gasteiger partial charge in [0.05, 0.1) is 0 Å². The molecule has 1 atom stereocenters. The van der Waals surface area contributed by atoms with Gasteiger partial charge in [0.15, 0.2) is 0 Å². The maximum absolute atomic E-state index is 11.7. The minimum absolute atomic E-state index is 0.171. The molecular weight excluding hydrogens is 188 g/mol. The van der Waals surface area contributed by atoms with E-state index in [2.05, 4.69) is 0 Å². The first-order valence-electron chi connectivity index (χ1n) is 5.97. The molecule has 0 aromatic heterocycles. The molecule has 0 radical (unpaired) electrons. The summed E-state index contributed by atoms with van der Waals surface area (Å²) in [4.78, 5) is 23.2. The normalized spacial score (nSPS) is 22.9. The summed E-state index contributed by atoms with van der Waals surface area (Å²) in [5.41, 5.74) is -0.252. The van der Waals surface area contributed by atoms with Crippen molar-refractivity contribution in [2.45, 2.75) is 59.3 Å². The van der Waals surface area contributed by atoms with Crippen LogP contribution in [0.1, 0.15) is 59.3 Å². The molecule has 0 spiro atoms. The van der Waals surface area contributed by atoms with E-state index in [-0.39, 0.29) is 17.1 Å². The molecule has 1 saturated carbocycles. The molecule has 1 rings (SSSR count). The molecule has 2 heteroatoms. The Bertz CT molecular complexity index is 248. The van der Waals surface area contributed by atoms with Crippen LogP contribution < -0.4 is 0 Å². The average molecular weight is 210 g/mol. The second-order valence-electron chi connectivity index (χ2n) is 5.62. The molecule has 1 unspecified atom stereocenters. The minimum Gasteiger partial charge on any atom is -0.299 e. The molecule has 86 valence electrons. The van der Waals surface area contributed by atoms with Gasteiger partial charge in [-0.15, -0.1) is 0 Å². The lowest BCUT2D eigenvalue weighted by Crippen LogP contribution is -2.24. The zero-order valence-electron chi connectivity index (χ0n) is 10.1. The average Bonchev–Trinajstić information content (AvgIpc) is 2.14. The Labute approximate surface area is 92.4 Å². The summed E-state index contributed by atoms with van der Waals surface area (Å²) in [6.07, 6.45) is 5.27. The highest BCUT2D eigenvalue weighted by Gasteiger charge is 2.26. The highest BCUT2D eigenvalue weighted by molar-refractivity contribution is 5.85. The molecule has 0 saturated heterocycles. The van der Waals surface area contributed by atoms with Gasteiger partial charge >= 0.3 is 0 Å². The van der Waals surface area contributed by atoms with E-state index < -0.39 is 0 Å². The fourth-order valence-electron chi connectivity index (χ4n) is 2.04. The van der Waals surface area contributed by atoms with Crippen LogP contribution in [0.25, 0.3) is 0 Å². The molecule has 0 aromatic rings. The zero-order chi connectivity index (χ0) is 11.5. The van der Waals surface area contributed by atoms with Crippen molar-refractivity contribution < 1.29 is 9.59 Å². The van der Waals surface area contributed by atoms with Gasteiger partial charge in [0.1, 0.15) is 11.6 Å². The fourth-order valence-corrected chi connectivity index (χ4v) is 2.04. The van der Waals surface area contributed by atoms with Gasteiger partial charge in [-0.25, -0.2) is 0 Å². The van der Waals surface area contributed by atoms with Crippen molar-refractivity contribution in [2.24, 2.45) is 11.3 Å². The van der Waals surface area contributed by atoms with E-state index in [9.17, 15) is 9.59 Å². The molecule has 0 aromatic carbocycles. The van der Waals surface area contributed by atoms with E-state index in [1.807, 2.05) is 20.8 Å². The number of hydrogen-bond acceptors (Lipinski definition) is 2. The monoisotopic (exact) mass is 210 g/mol. The van der Waals surface area contributed by atoms with Crippen LogP contribution in [0.3, 0.4) is 0 Å². The van der Waals surface area contributed by atoms with Crippen LogP contribution in [0.4, 0.5) is 0 Å². The SMILES string of the molecule is CC(C)(C)C(=O)CCC1CCCCC1=O. The van der Waals surface area contributed by atoms with Crippen molar-refractivity contribution in [3.63, 3.8) is 0 Å². The molecule has 1 aliphatic rings. The van der Waals surface area contributed by atoms with Gasteiger partial charge in [-0.05, 0) is 19.3 Å². The Morgan fingerprint density at radius 2 is 2.00 bits per heavy atom. The Morgan fingerprint density at radius 3 is 2.53 bits per heavy atom. The van der Waals surface area contributed by atoms with Crippen molar-refractivity contribution >= 4 is 11.6 Å². The molecular formula is C13H22O2. The lowest BCUT2D eigenvalue weighted by Gasteiger charge is -2.22. The van der Waals surface area contributed by atoms with Crippen LogP contribution in [0.2, 0.25) is 0 Å². The highest BCUT2D eigenvalue weighted by Crippen LogP contribution is 2.26. The van der Waals surface area contributed by atoms with Gasteiger partial charge in [-0.2, -0.15) is 0 Å². The molecule has 1 fully saturated rings. The van der Waals surface area contributed by atoms with Crippen LogP contribution in [-0.4, -0.2) is 11.6 Å². The lowest BCUT2D eigenvalue weighted by molar-refractivity contribution is -0.128. The van der Waals surface area contributed by atoms with Gasteiger partial charge in [0.2, 0.25) is 0 Å². The number of Topliss-reactive ketones (excluding diaryl/α,β-unsaturated/α-hetero) is 2. The van der Waals surface area contributed by atoms with E-state index >= 15 is 0 Å². The summed E-state index contributed by atoms with van der Waals surface area (Å²) >= 11 is 0. The molecule has 0 amide bonds. The molecule has 2 nitrogen and oxygen atoms in total. The van der Waals surface area contributed by atoms with Crippen LogP contribution in [0.5, 0.6) is 0 Å². The summed E-state index contributed by atoms with van der Waals surface area (Å²) in [6.45, 7) is 5.83. The van der Waals surface area contributed by atoms with Gasteiger partial charge in [-0.1, -0.05) is 27.2 Å². The first kappa shape index (κ1) is 12.4. The highest BCUT2D eigenvalue weighted by atomic mass is 16.1. The van der Waals surface area contributed by atoms with Gasteiger partial charge in [0, 0.05) is 24.2 Å². The third-order valence-corrected chi connectivity index (χ3v) is 3.24. The van der Waals surface area contributed by atoms with Crippen molar-refractivity contribution in [2.75, 3.05) is 0 Å². The van der Waals surface area contributed by atoms with E-state index in [0.717, 1.165) is 32.1 Å². The minimum atomic E-state index is -0.252. The van der Waals surface area contributed by atoms with Crippen molar-refractivity contribution in [3.8, 4) is 0 Å². The molecule has 1 aliphatic carbocycles. The predicted octanol–water partition coefficient (Wildman–Crippen LogP) is 3.14. The summed E-state index contributed by atoms with van der Waals surface area (Å²) in [6, 6.07) is 0. The van der Waals surface area contributed by atoms with Crippen molar-refractivity contribution in [3.05, 3.63) is 0 Å². The van der Waals surface area contributed by atoms with E-state index in [4.69, 9.17) is 0 Å². The Kier molecular flexibility index (Phi) is 4.06. The molecule has 15 heavy (non-hydrogen) atoms.